The van der Waals surface area contributed by atoms with E-state index in [9.17, 15) is 19.8 Å². The molecule has 0 radical (unpaired) electrons. The monoisotopic (exact) mass is 445 g/mol. The maximum atomic E-state index is 13.0. The van der Waals surface area contributed by atoms with Crippen LogP contribution in [0.4, 0.5) is 0 Å². The van der Waals surface area contributed by atoms with Gasteiger partial charge in [0.1, 0.15) is 23.0 Å². The van der Waals surface area contributed by atoms with Gasteiger partial charge in [0.05, 0.1) is 36.4 Å². The third kappa shape index (κ3) is 4.18. The maximum Gasteiger partial charge on any atom is 0.295 e. The first-order valence-electron chi connectivity index (χ1n) is 9.83. The van der Waals surface area contributed by atoms with Crippen LogP contribution in [0.25, 0.3) is 5.76 Å². The number of phenolic OH excluding ortho intramolecular Hbond substituents is 1. The molecule has 8 heteroatoms. The number of ether oxygens (including phenoxy) is 2. The van der Waals surface area contributed by atoms with Crippen molar-refractivity contribution in [2.75, 3.05) is 20.8 Å². The van der Waals surface area contributed by atoms with E-state index in [1.807, 2.05) is 6.92 Å². The molecular formula is C23H24ClNO6. The highest BCUT2D eigenvalue weighted by molar-refractivity contribution is 6.46. The van der Waals surface area contributed by atoms with Crippen molar-refractivity contribution in [1.82, 2.24) is 4.90 Å². The number of hydrogen-bond donors (Lipinski definition) is 2. The molecule has 1 amide bonds. The van der Waals surface area contributed by atoms with E-state index in [0.717, 1.165) is 6.42 Å². The van der Waals surface area contributed by atoms with Gasteiger partial charge in [-0.1, -0.05) is 31.0 Å². The third-order valence-corrected chi connectivity index (χ3v) is 5.55. The van der Waals surface area contributed by atoms with Gasteiger partial charge in [-0.25, -0.2) is 0 Å². The van der Waals surface area contributed by atoms with Gasteiger partial charge in [0, 0.05) is 12.6 Å². The molecule has 1 unspecified atom stereocenters. The minimum atomic E-state index is -0.851. The van der Waals surface area contributed by atoms with Crippen molar-refractivity contribution in [3.8, 4) is 17.2 Å². The molecule has 31 heavy (non-hydrogen) atoms. The van der Waals surface area contributed by atoms with Crippen LogP contribution in [-0.4, -0.2) is 47.6 Å². The molecule has 1 aliphatic rings. The second kappa shape index (κ2) is 9.31. The van der Waals surface area contributed by atoms with Crippen LogP contribution in [0.5, 0.6) is 17.2 Å². The standard InChI is InChI=1S/C23H24ClNO6/c1-4-5-10-25-20(13-6-9-17(26)16(24)11-13)19(22(28)23(25)29)21(27)15-8-7-14(30-2)12-18(15)31-3/h6-9,11-12,20,26-27H,4-5,10H2,1-3H3/b21-19-. The molecular weight excluding hydrogens is 422 g/mol. The molecule has 2 aromatic carbocycles. The maximum absolute atomic E-state index is 13.0. The number of benzene rings is 2. The summed E-state index contributed by atoms with van der Waals surface area (Å²) in [6.07, 6.45) is 1.50. The van der Waals surface area contributed by atoms with Crippen molar-refractivity contribution in [3.05, 3.63) is 58.1 Å². The molecule has 1 atom stereocenters. The minimum Gasteiger partial charge on any atom is -0.507 e. The highest BCUT2D eigenvalue weighted by atomic mass is 35.5. The summed E-state index contributed by atoms with van der Waals surface area (Å²) in [6, 6.07) is 8.38. The largest absolute Gasteiger partial charge is 0.507 e. The topological polar surface area (TPSA) is 96.3 Å². The Kier molecular flexibility index (Phi) is 6.75. The van der Waals surface area contributed by atoms with E-state index in [1.165, 1.54) is 31.3 Å². The lowest BCUT2D eigenvalue weighted by Gasteiger charge is -2.25. The van der Waals surface area contributed by atoms with E-state index in [2.05, 4.69) is 0 Å². The molecule has 164 valence electrons. The van der Waals surface area contributed by atoms with Crippen LogP contribution >= 0.6 is 11.6 Å². The number of Topliss-reactive ketones (excluding diaryl/α,β-unsaturated/α-hetero) is 1. The first-order valence-corrected chi connectivity index (χ1v) is 10.2. The lowest BCUT2D eigenvalue weighted by molar-refractivity contribution is -0.139. The lowest BCUT2D eigenvalue weighted by Crippen LogP contribution is -2.30. The van der Waals surface area contributed by atoms with Crippen LogP contribution in [0.1, 0.15) is 36.9 Å². The highest BCUT2D eigenvalue weighted by Crippen LogP contribution is 2.42. The number of phenols is 1. The van der Waals surface area contributed by atoms with E-state index >= 15 is 0 Å². The fourth-order valence-electron chi connectivity index (χ4n) is 3.62. The number of aromatic hydroxyl groups is 1. The number of unbranched alkanes of at least 4 members (excludes halogenated alkanes) is 1. The molecule has 7 nitrogen and oxygen atoms in total. The average molecular weight is 446 g/mol. The molecule has 0 saturated carbocycles. The second-order valence-corrected chi connectivity index (χ2v) is 7.53. The molecule has 2 N–H and O–H groups in total. The van der Waals surface area contributed by atoms with Crippen molar-refractivity contribution in [2.24, 2.45) is 0 Å². The van der Waals surface area contributed by atoms with Crippen LogP contribution < -0.4 is 9.47 Å². The summed E-state index contributed by atoms with van der Waals surface area (Å²) in [7, 11) is 2.94. The van der Waals surface area contributed by atoms with E-state index in [-0.39, 0.29) is 27.7 Å². The zero-order chi connectivity index (χ0) is 22.7. The van der Waals surface area contributed by atoms with Gasteiger partial charge in [-0.05, 0) is 36.2 Å². The Morgan fingerprint density at radius 1 is 1.13 bits per heavy atom. The molecule has 0 spiro atoms. The molecule has 1 heterocycles. The normalized spacial score (nSPS) is 17.8. The lowest BCUT2D eigenvalue weighted by atomic mass is 9.94. The number of nitrogens with zero attached hydrogens (tertiary/aromatic N) is 1. The minimum absolute atomic E-state index is 0.0636. The van der Waals surface area contributed by atoms with Crippen molar-refractivity contribution < 1.29 is 29.3 Å². The number of aliphatic hydroxyl groups excluding tert-OH is 1. The van der Waals surface area contributed by atoms with Crippen molar-refractivity contribution >= 4 is 29.1 Å². The van der Waals surface area contributed by atoms with E-state index in [4.69, 9.17) is 21.1 Å². The molecule has 1 fully saturated rings. The quantitative estimate of drug-likeness (QED) is 0.375. The number of rotatable bonds is 7. The molecule has 3 rings (SSSR count). The van der Waals surface area contributed by atoms with Crippen LogP contribution in [0.3, 0.4) is 0 Å². The molecule has 0 aliphatic carbocycles. The van der Waals surface area contributed by atoms with Gasteiger partial charge in [-0.2, -0.15) is 0 Å². The summed E-state index contributed by atoms with van der Waals surface area (Å²) in [6.45, 7) is 2.31. The fraction of sp³-hybridized carbons (Fsp3) is 0.304. The molecule has 1 saturated heterocycles. The number of methoxy groups -OCH3 is 2. The summed E-state index contributed by atoms with van der Waals surface area (Å²) in [4.78, 5) is 27.3. The van der Waals surface area contributed by atoms with Crippen LogP contribution in [-0.2, 0) is 9.59 Å². The zero-order valence-electron chi connectivity index (χ0n) is 17.5. The first kappa shape index (κ1) is 22.5. The van der Waals surface area contributed by atoms with Crippen LogP contribution in [0.2, 0.25) is 5.02 Å². The van der Waals surface area contributed by atoms with Gasteiger partial charge in [-0.15, -0.1) is 0 Å². The smallest absolute Gasteiger partial charge is 0.295 e. The number of aliphatic hydroxyl groups is 1. The summed E-state index contributed by atoms with van der Waals surface area (Å²) in [5.74, 6) is -1.16. The molecule has 1 aliphatic heterocycles. The number of amides is 1. The van der Waals surface area contributed by atoms with E-state index in [0.29, 0.717) is 30.0 Å². The van der Waals surface area contributed by atoms with E-state index < -0.39 is 17.7 Å². The Morgan fingerprint density at radius 2 is 1.87 bits per heavy atom. The number of ketones is 1. The third-order valence-electron chi connectivity index (χ3n) is 5.24. The molecule has 0 bridgehead atoms. The van der Waals surface area contributed by atoms with Gasteiger partial charge in [0.25, 0.3) is 11.7 Å². The van der Waals surface area contributed by atoms with Gasteiger partial charge in [-0.3, -0.25) is 9.59 Å². The Bertz CT molecular complexity index is 1050. The first-order chi connectivity index (χ1) is 14.8. The van der Waals surface area contributed by atoms with E-state index in [1.54, 1.807) is 24.3 Å². The number of likely N-dealkylation sites (tertiary alicyclic amines) is 1. The van der Waals surface area contributed by atoms with Gasteiger partial charge in [0.2, 0.25) is 0 Å². The Balaban J connectivity index is 2.22. The highest BCUT2D eigenvalue weighted by Gasteiger charge is 2.46. The van der Waals surface area contributed by atoms with Crippen molar-refractivity contribution in [1.29, 1.82) is 0 Å². The SMILES string of the molecule is CCCCN1C(=O)C(=O)/C(=C(\O)c2ccc(OC)cc2OC)C1c1ccc(O)c(Cl)c1. The van der Waals surface area contributed by atoms with Crippen molar-refractivity contribution in [3.63, 3.8) is 0 Å². The van der Waals surface area contributed by atoms with Gasteiger partial charge >= 0.3 is 0 Å². The number of carbonyl (C=O) groups excluding carboxylic acids is 2. The number of hydrogen-bond acceptors (Lipinski definition) is 6. The van der Waals surface area contributed by atoms with Gasteiger partial charge < -0.3 is 24.6 Å². The Hall–Kier alpha value is -3.19. The van der Waals surface area contributed by atoms with Gasteiger partial charge in [0.15, 0.2) is 0 Å². The predicted octanol–water partition coefficient (Wildman–Crippen LogP) is 4.28. The summed E-state index contributed by atoms with van der Waals surface area (Å²) < 4.78 is 10.5. The molecule has 0 aromatic heterocycles. The second-order valence-electron chi connectivity index (χ2n) is 7.12. The fourth-order valence-corrected chi connectivity index (χ4v) is 3.81. The predicted molar refractivity (Wildman–Crippen MR) is 117 cm³/mol. The average Bonchev–Trinajstić information content (AvgIpc) is 3.03. The van der Waals surface area contributed by atoms with Crippen LogP contribution in [0, 0.1) is 0 Å². The Labute approximate surface area is 185 Å². The van der Waals surface area contributed by atoms with Crippen LogP contribution in [0.15, 0.2) is 42.0 Å². The number of carbonyl (C=O) groups is 2. The summed E-state index contributed by atoms with van der Waals surface area (Å²) in [5.41, 5.74) is 0.699. The Morgan fingerprint density at radius 3 is 2.48 bits per heavy atom. The summed E-state index contributed by atoms with van der Waals surface area (Å²) >= 11 is 6.09. The van der Waals surface area contributed by atoms with Crippen molar-refractivity contribution in [2.45, 2.75) is 25.8 Å². The summed E-state index contributed by atoms with van der Waals surface area (Å²) in [5, 5.41) is 21.0. The molecule has 2 aromatic rings. The number of halogens is 1. The zero-order valence-corrected chi connectivity index (χ0v) is 18.3.